The molecule has 0 radical (unpaired) electrons. The summed E-state index contributed by atoms with van der Waals surface area (Å²) in [6.07, 6.45) is 3.50. The van der Waals surface area contributed by atoms with Gasteiger partial charge < -0.3 is 20.1 Å². The predicted octanol–water partition coefficient (Wildman–Crippen LogP) is 5.12. The van der Waals surface area contributed by atoms with Crippen LogP contribution in [0.4, 0.5) is 10.5 Å². The molecule has 5 aromatic rings. The van der Waals surface area contributed by atoms with E-state index in [1.165, 1.54) is 0 Å². The molecule has 0 saturated heterocycles. The van der Waals surface area contributed by atoms with Crippen LogP contribution in [-0.4, -0.2) is 26.1 Å². The van der Waals surface area contributed by atoms with Gasteiger partial charge in [-0.2, -0.15) is 0 Å². The molecule has 1 aliphatic rings. The van der Waals surface area contributed by atoms with Crippen LogP contribution in [0.25, 0.3) is 33.5 Å². The van der Waals surface area contributed by atoms with E-state index in [1.54, 1.807) is 26.2 Å². The average Bonchev–Trinajstić information content (AvgIpc) is 3.50. The summed E-state index contributed by atoms with van der Waals surface area (Å²) in [6, 6.07) is 15.5. The lowest BCUT2D eigenvalue weighted by Crippen LogP contribution is -2.32. The van der Waals surface area contributed by atoms with Gasteiger partial charge in [0.05, 0.1) is 23.3 Å². The standard InChI is InChI=1S/C25H20N6O2/c1-13-22(14(2)33-31-13)29-25(32)30-23-16-7-4-3-6-15(16)21-17(23)8-5-9-18(21)24-27-19-10-11-26-12-20(19)28-24/h3-12,23H,1-2H3,(H,27,28)(H2,29,30,32)/t23-/m1/s1. The number of fused-ring (bicyclic) bond motifs is 4. The van der Waals surface area contributed by atoms with Crippen molar-refractivity contribution in [3.05, 3.63) is 83.5 Å². The Kier molecular flexibility index (Phi) is 4.26. The Hall–Kier alpha value is -4.46. The average molecular weight is 436 g/mol. The summed E-state index contributed by atoms with van der Waals surface area (Å²) in [5.74, 6) is 1.34. The Morgan fingerprint density at radius 3 is 2.67 bits per heavy atom. The quantitative estimate of drug-likeness (QED) is 0.364. The minimum absolute atomic E-state index is 0.303. The Morgan fingerprint density at radius 2 is 1.85 bits per heavy atom. The molecule has 6 rings (SSSR count). The number of urea groups is 1. The number of H-pyrrole nitrogens is 1. The third-order valence-electron chi connectivity index (χ3n) is 6.03. The highest BCUT2D eigenvalue weighted by atomic mass is 16.5. The Balaban J connectivity index is 1.42. The number of nitrogens with one attached hydrogen (secondary N) is 3. The van der Waals surface area contributed by atoms with Gasteiger partial charge in [-0.25, -0.2) is 9.78 Å². The van der Waals surface area contributed by atoms with E-state index >= 15 is 0 Å². The summed E-state index contributed by atoms with van der Waals surface area (Å²) in [7, 11) is 0. The SMILES string of the molecule is Cc1noc(C)c1NC(=O)N[C@@H]1c2ccccc2-c2c(-c3nc4ccncc4[nH]3)cccc21. The maximum atomic E-state index is 12.9. The molecule has 3 N–H and O–H groups in total. The maximum absolute atomic E-state index is 12.9. The first kappa shape index (κ1) is 19.2. The smallest absolute Gasteiger partial charge is 0.320 e. The molecule has 0 unspecified atom stereocenters. The number of rotatable bonds is 3. The van der Waals surface area contributed by atoms with Crippen molar-refractivity contribution in [1.29, 1.82) is 0 Å². The number of carbonyl (C=O) groups excluding carboxylic acids is 1. The minimum atomic E-state index is -0.322. The highest BCUT2D eigenvalue weighted by Gasteiger charge is 2.32. The zero-order valence-electron chi connectivity index (χ0n) is 18.0. The first-order valence-corrected chi connectivity index (χ1v) is 10.6. The van der Waals surface area contributed by atoms with Crippen LogP contribution in [0.3, 0.4) is 0 Å². The van der Waals surface area contributed by atoms with Crippen molar-refractivity contribution in [2.45, 2.75) is 19.9 Å². The van der Waals surface area contributed by atoms with Crippen molar-refractivity contribution in [3.8, 4) is 22.5 Å². The second-order valence-corrected chi connectivity index (χ2v) is 8.07. The number of imidazole rings is 1. The van der Waals surface area contributed by atoms with Crippen molar-refractivity contribution in [2.75, 3.05) is 5.32 Å². The molecule has 8 nitrogen and oxygen atoms in total. The van der Waals surface area contributed by atoms with E-state index < -0.39 is 0 Å². The van der Waals surface area contributed by atoms with E-state index in [4.69, 9.17) is 9.51 Å². The lowest BCUT2D eigenvalue weighted by atomic mass is 9.99. The molecule has 1 aliphatic carbocycles. The lowest BCUT2D eigenvalue weighted by Gasteiger charge is -2.16. The molecule has 0 bridgehead atoms. The summed E-state index contributed by atoms with van der Waals surface area (Å²) >= 11 is 0. The number of aryl methyl sites for hydroxylation is 2. The number of carbonyl (C=O) groups is 1. The van der Waals surface area contributed by atoms with Crippen LogP contribution in [0.5, 0.6) is 0 Å². The molecule has 0 aliphatic heterocycles. The molecule has 1 atom stereocenters. The number of aromatic amines is 1. The van der Waals surface area contributed by atoms with E-state index in [2.05, 4.69) is 31.8 Å². The minimum Gasteiger partial charge on any atom is -0.359 e. The number of anilines is 1. The van der Waals surface area contributed by atoms with Crippen molar-refractivity contribution in [2.24, 2.45) is 0 Å². The highest BCUT2D eigenvalue weighted by Crippen LogP contribution is 2.47. The fourth-order valence-corrected chi connectivity index (χ4v) is 4.53. The van der Waals surface area contributed by atoms with E-state index in [9.17, 15) is 4.79 Å². The third kappa shape index (κ3) is 3.07. The van der Waals surface area contributed by atoms with Crippen molar-refractivity contribution >= 4 is 22.8 Å². The number of hydrogen-bond acceptors (Lipinski definition) is 5. The topological polar surface area (TPSA) is 109 Å². The van der Waals surface area contributed by atoms with Crippen LogP contribution in [0.1, 0.15) is 28.6 Å². The Bertz CT molecular complexity index is 1480. The monoisotopic (exact) mass is 436 g/mol. The van der Waals surface area contributed by atoms with Crippen molar-refractivity contribution in [1.82, 2.24) is 25.4 Å². The first-order chi connectivity index (χ1) is 16.1. The van der Waals surface area contributed by atoms with Gasteiger partial charge in [-0.3, -0.25) is 4.98 Å². The van der Waals surface area contributed by atoms with Gasteiger partial charge in [0.25, 0.3) is 0 Å². The van der Waals surface area contributed by atoms with Crippen molar-refractivity contribution in [3.63, 3.8) is 0 Å². The molecular weight excluding hydrogens is 416 g/mol. The second-order valence-electron chi connectivity index (χ2n) is 8.07. The molecule has 2 amide bonds. The summed E-state index contributed by atoms with van der Waals surface area (Å²) in [5, 5.41) is 9.91. The van der Waals surface area contributed by atoms with Gasteiger partial charge in [-0.1, -0.05) is 47.6 Å². The van der Waals surface area contributed by atoms with E-state index in [1.807, 2.05) is 42.5 Å². The van der Waals surface area contributed by atoms with Gasteiger partial charge in [-0.05, 0) is 42.2 Å². The van der Waals surface area contributed by atoms with Crippen LogP contribution in [0.15, 0.2) is 65.4 Å². The van der Waals surface area contributed by atoms with Gasteiger partial charge in [0.15, 0.2) is 5.76 Å². The zero-order valence-corrected chi connectivity index (χ0v) is 18.0. The second kappa shape index (κ2) is 7.30. The Morgan fingerprint density at radius 1 is 1.03 bits per heavy atom. The number of pyridine rings is 1. The molecule has 3 heterocycles. The van der Waals surface area contributed by atoms with E-state index in [0.717, 1.165) is 44.7 Å². The van der Waals surface area contributed by atoms with Crippen LogP contribution in [-0.2, 0) is 0 Å². The normalized spacial score (nSPS) is 14.2. The Labute approximate surface area is 189 Å². The predicted molar refractivity (Wildman–Crippen MR) is 125 cm³/mol. The molecule has 2 aromatic carbocycles. The summed E-state index contributed by atoms with van der Waals surface area (Å²) in [4.78, 5) is 25.3. The molecule has 3 aromatic heterocycles. The molecule has 8 heteroatoms. The van der Waals surface area contributed by atoms with Crippen molar-refractivity contribution < 1.29 is 9.32 Å². The van der Waals surface area contributed by atoms with Crippen LogP contribution >= 0.6 is 0 Å². The summed E-state index contributed by atoms with van der Waals surface area (Å²) < 4.78 is 5.16. The van der Waals surface area contributed by atoms with Gasteiger partial charge in [0, 0.05) is 11.8 Å². The maximum Gasteiger partial charge on any atom is 0.320 e. The molecule has 0 saturated carbocycles. The summed E-state index contributed by atoms with van der Waals surface area (Å²) in [6.45, 7) is 3.56. The molecular formula is C25H20N6O2. The lowest BCUT2D eigenvalue weighted by molar-refractivity contribution is 0.250. The fourth-order valence-electron chi connectivity index (χ4n) is 4.53. The molecule has 0 spiro atoms. The summed E-state index contributed by atoms with van der Waals surface area (Å²) in [5.41, 5.74) is 8.12. The first-order valence-electron chi connectivity index (χ1n) is 10.6. The molecule has 0 fully saturated rings. The number of nitrogens with zero attached hydrogens (tertiary/aromatic N) is 3. The number of hydrogen-bond donors (Lipinski definition) is 3. The number of benzene rings is 2. The number of amides is 2. The number of aromatic nitrogens is 4. The molecule has 162 valence electrons. The highest BCUT2D eigenvalue weighted by molar-refractivity contribution is 5.95. The fraction of sp³-hybridized carbons (Fsp3) is 0.120. The van der Waals surface area contributed by atoms with Gasteiger partial charge in [-0.15, -0.1) is 0 Å². The van der Waals surface area contributed by atoms with E-state index in [0.29, 0.717) is 17.1 Å². The van der Waals surface area contributed by atoms with Gasteiger partial charge >= 0.3 is 6.03 Å². The third-order valence-corrected chi connectivity index (χ3v) is 6.03. The van der Waals surface area contributed by atoms with Gasteiger partial charge in [0.1, 0.15) is 17.2 Å². The van der Waals surface area contributed by atoms with Crippen LogP contribution in [0, 0.1) is 13.8 Å². The zero-order chi connectivity index (χ0) is 22.5. The van der Waals surface area contributed by atoms with Crippen LogP contribution in [0.2, 0.25) is 0 Å². The van der Waals surface area contributed by atoms with E-state index in [-0.39, 0.29) is 12.1 Å². The van der Waals surface area contributed by atoms with Gasteiger partial charge in [0.2, 0.25) is 0 Å². The van der Waals surface area contributed by atoms with Crippen LogP contribution < -0.4 is 10.6 Å². The molecule has 33 heavy (non-hydrogen) atoms. The largest absolute Gasteiger partial charge is 0.359 e.